The molecule has 306 valence electrons. The van der Waals surface area contributed by atoms with Gasteiger partial charge in [-0.1, -0.05) is 85.2 Å². The maximum Gasteiger partial charge on any atom is 0.245 e. The van der Waals surface area contributed by atoms with Gasteiger partial charge in [0.15, 0.2) is 0 Å². The number of amides is 5. The lowest BCUT2D eigenvalue weighted by Gasteiger charge is -2.41. The summed E-state index contributed by atoms with van der Waals surface area (Å²) in [6.45, 7) is 14.1. The van der Waals surface area contributed by atoms with Crippen LogP contribution in [0, 0.1) is 23.7 Å². The molecule has 54 heavy (non-hydrogen) atoms. The van der Waals surface area contributed by atoms with Crippen LogP contribution in [0.4, 0.5) is 0 Å². The first-order valence-corrected chi connectivity index (χ1v) is 19.6. The van der Waals surface area contributed by atoms with E-state index in [1.54, 1.807) is 38.0 Å². The Bertz CT molecular complexity index is 1350. The molecule has 1 aliphatic heterocycles. The summed E-state index contributed by atoms with van der Waals surface area (Å²) >= 11 is 0. The molecule has 1 aliphatic rings. The maximum atomic E-state index is 14.2. The Balaban J connectivity index is 2.29. The molecule has 0 bridgehead atoms. The van der Waals surface area contributed by atoms with Crippen molar-refractivity contribution in [1.82, 2.24) is 30.7 Å². The summed E-state index contributed by atoms with van der Waals surface area (Å²) in [4.78, 5) is 73.6. The molecule has 0 radical (unpaired) electrons. The van der Waals surface area contributed by atoms with Crippen molar-refractivity contribution in [1.29, 1.82) is 0 Å². The zero-order chi connectivity index (χ0) is 40.9. The average molecular weight is 759 g/mol. The normalized spacial score (nSPS) is 19.0. The van der Waals surface area contributed by atoms with E-state index in [1.807, 2.05) is 90.9 Å². The van der Waals surface area contributed by atoms with Crippen molar-refractivity contribution in [2.45, 2.75) is 123 Å². The Labute approximate surface area is 324 Å². The molecule has 0 aromatic heterocycles. The highest BCUT2D eigenvalue weighted by atomic mass is 16.5. The number of ether oxygens (including phenoxy) is 2. The van der Waals surface area contributed by atoms with Crippen molar-refractivity contribution in [3.63, 3.8) is 0 Å². The van der Waals surface area contributed by atoms with E-state index in [4.69, 9.17) is 9.47 Å². The molecule has 13 nitrogen and oxygen atoms in total. The molecular weight excluding hydrogens is 688 g/mol. The number of nitrogens with zero attached hydrogens (tertiary/aromatic N) is 3. The van der Waals surface area contributed by atoms with Crippen LogP contribution in [-0.2, 0) is 39.9 Å². The smallest absolute Gasteiger partial charge is 0.245 e. The third-order valence-electron chi connectivity index (χ3n) is 11.1. The highest BCUT2D eigenvalue weighted by Crippen LogP contribution is 2.30. The minimum absolute atomic E-state index is 0.0151. The van der Waals surface area contributed by atoms with Crippen molar-refractivity contribution in [3.05, 3.63) is 35.9 Å². The van der Waals surface area contributed by atoms with Crippen LogP contribution < -0.4 is 16.0 Å². The fraction of sp³-hybridized carbons (Fsp3) is 0.732. The number of likely N-dealkylation sites (N-methyl/N-ethyl adjacent to an activating group) is 3. The van der Waals surface area contributed by atoms with E-state index < -0.39 is 42.3 Å². The Kier molecular flexibility index (Phi) is 19.1. The molecule has 0 aliphatic carbocycles. The average Bonchev–Trinajstić information content (AvgIpc) is 3.62. The molecule has 0 spiro atoms. The first-order valence-electron chi connectivity index (χ1n) is 19.6. The molecule has 1 saturated heterocycles. The highest BCUT2D eigenvalue weighted by molar-refractivity contribution is 5.90. The third-order valence-corrected chi connectivity index (χ3v) is 11.1. The van der Waals surface area contributed by atoms with Gasteiger partial charge in [0.2, 0.25) is 29.5 Å². The first kappa shape index (κ1) is 46.6. The summed E-state index contributed by atoms with van der Waals surface area (Å²) in [5.74, 6) is -2.07. The second-order valence-corrected chi connectivity index (χ2v) is 15.8. The summed E-state index contributed by atoms with van der Waals surface area (Å²) in [6, 6.07) is 6.72. The van der Waals surface area contributed by atoms with Crippen LogP contribution in [0.25, 0.3) is 0 Å². The Hall–Kier alpha value is -3.55. The lowest BCUT2D eigenvalue weighted by Crippen LogP contribution is -2.59. The van der Waals surface area contributed by atoms with Gasteiger partial charge in [-0.2, -0.15) is 0 Å². The van der Waals surface area contributed by atoms with Gasteiger partial charge in [-0.05, 0) is 50.3 Å². The van der Waals surface area contributed by atoms with Gasteiger partial charge in [0.1, 0.15) is 12.1 Å². The number of hydrogen-bond acceptors (Lipinski definition) is 8. The molecule has 0 saturated carbocycles. The lowest BCUT2D eigenvalue weighted by atomic mass is 9.89. The number of likely N-dealkylation sites (tertiary alicyclic amines) is 1. The van der Waals surface area contributed by atoms with Gasteiger partial charge in [0, 0.05) is 41.3 Å². The number of carbonyl (C=O) groups excluding carboxylic acids is 5. The van der Waals surface area contributed by atoms with Crippen molar-refractivity contribution in [2.75, 3.05) is 49.0 Å². The van der Waals surface area contributed by atoms with Crippen molar-refractivity contribution < 1.29 is 33.4 Å². The molecule has 2 rings (SSSR count). The first-order chi connectivity index (χ1) is 25.4. The van der Waals surface area contributed by atoms with E-state index in [0.29, 0.717) is 19.4 Å². The van der Waals surface area contributed by atoms with Crippen molar-refractivity contribution >= 4 is 29.5 Å². The molecule has 3 N–H and O–H groups in total. The predicted octanol–water partition coefficient (Wildman–Crippen LogP) is 3.11. The number of nitrogens with one attached hydrogen (secondary N) is 3. The number of benzene rings is 1. The fourth-order valence-corrected chi connectivity index (χ4v) is 7.95. The van der Waals surface area contributed by atoms with Crippen LogP contribution in [0.1, 0.15) is 79.7 Å². The second kappa shape index (κ2) is 22.1. The molecule has 13 heteroatoms. The summed E-state index contributed by atoms with van der Waals surface area (Å²) < 4.78 is 12.0. The summed E-state index contributed by atoms with van der Waals surface area (Å²) in [5.41, 5.74) is 0.916. The van der Waals surface area contributed by atoms with E-state index in [9.17, 15) is 24.0 Å². The van der Waals surface area contributed by atoms with Gasteiger partial charge < -0.3 is 35.2 Å². The van der Waals surface area contributed by atoms with Crippen LogP contribution in [0.5, 0.6) is 0 Å². The van der Waals surface area contributed by atoms with E-state index in [1.165, 1.54) is 7.05 Å². The van der Waals surface area contributed by atoms with Crippen molar-refractivity contribution in [3.8, 4) is 0 Å². The van der Waals surface area contributed by atoms with Gasteiger partial charge in [-0.3, -0.25) is 28.9 Å². The number of methoxy groups -OCH3 is 2. The Morgan fingerprint density at radius 2 is 1.50 bits per heavy atom. The van der Waals surface area contributed by atoms with Crippen LogP contribution in [0.3, 0.4) is 0 Å². The summed E-state index contributed by atoms with van der Waals surface area (Å²) in [5, 5.41) is 8.60. The maximum absolute atomic E-state index is 14.2. The van der Waals surface area contributed by atoms with E-state index in [-0.39, 0.29) is 59.8 Å². The zero-order valence-electron chi connectivity index (χ0n) is 35.2. The highest BCUT2D eigenvalue weighted by Gasteiger charge is 2.43. The standard InChI is InChI=1S/C41H70N6O7/c1-14-27(6)36(46(11)41(52)34(25(2)3)44-40(51)35(26(4)5)45(9)10)32(53-12)24-33(48)47-22-18-21-31(47)37(54-13)28(7)38(49)43-30(39(50)42-8)23-29-19-16-15-17-20-29/h15-17,19-20,25-28,30-32,34-37H,14,18,21-24H2,1-13H3,(H,42,50)(H,43,49)(H,44,51)/t27-,28+,30-,31-,32+,34-,35-,36-,37+/m0/s1. The topological polar surface area (TPSA) is 150 Å². The van der Waals surface area contributed by atoms with E-state index in [0.717, 1.165) is 18.4 Å². The number of carbonyl (C=O) groups is 5. The minimum atomic E-state index is -0.779. The third kappa shape index (κ3) is 12.2. The van der Waals surface area contributed by atoms with Gasteiger partial charge in [-0.15, -0.1) is 0 Å². The van der Waals surface area contributed by atoms with E-state index >= 15 is 0 Å². The largest absolute Gasteiger partial charge is 0.379 e. The Morgan fingerprint density at radius 3 is 2.00 bits per heavy atom. The molecule has 0 unspecified atom stereocenters. The summed E-state index contributed by atoms with van der Waals surface area (Å²) in [6.07, 6.45) is 1.21. The van der Waals surface area contributed by atoms with Crippen LogP contribution in [0.2, 0.25) is 0 Å². The molecule has 9 atom stereocenters. The SMILES string of the molecule is CC[C@H](C)[C@@H]([C@@H](CC(=O)N1CCC[C@H]1[C@H](OC)[C@@H](C)C(=O)N[C@@H](Cc1ccccc1)C(=O)NC)OC)N(C)C(=O)[C@@H](NC(=O)[C@H](C(C)C)N(C)C)C(C)C. The van der Waals surface area contributed by atoms with Gasteiger partial charge in [-0.25, -0.2) is 0 Å². The monoisotopic (exact) mass is 759 g/mol. The fourth-order valence-electron chi connectivity index (χ4n) is 7.95. The van der Waals surface area contributed by atoms with E-state index in [2.05, 4.69) is 16.0 Å². The van der Waals surface area contributed by atoms with Gasteiger partial charge >= 0.3 is 0 Å². The molecule has 1 aromatic carbocycles. The van der Waals surface area contributed by atoms with Gasteiger partial charge in [0.05, 0.1) is 42.7 Å². The quantitative estimate of drug-likeness (QED) is 0.173. The lowest BCUT2D eigenvalue weighted by molar-refractivity contribution is -0.148. The summed E-state index contributed by atoms with van der Waals surface area (Å²) in [7, 11) is 10.1. The second-order valence-electron chi connectivity index (χ2n) is 15.8. The van der Waals surface area contributed by atoms with Crippen LogP contribution in [0.15, 0.2) is 30.3 Å². The van der Waals surface area contributed by atoms with Crippen LogP contribution >= 0.6 is 0 Å². The number of hydrogen-bond donors (Lipinski definition) is 3. The molecule has 5 amide bonds. The molecule has 1 fully saturated rings. The zero-order valence-corrected chi connectivity index (χ0v) is 35.2. The predicted molar refractivity (Wildman–Crippen MR) is 211 cm³/mol. The minimum Gasteiger partial charge on any atom is -0.379 e. The number of rotatable bonds is 21. The van der Waals surface area contributed by atoms with Crippen LogP contribution in [-0.4, -0.2) is 136 Å². The molecule has 1 aromatic rings. The van der Waals surface area contributed by atoms with Gasteiger partial charge in [0.25, 0.3) is 0 Å². The van der Waals surface area contributed by atoms with Crippen molar-refractivity contribution in [2.24, 2.45) is 23.7 Å². The molecule has 1 heterocycles. The molecular formula is C41H70N6O7. The Morgan fingerprint density at radius 1 is 0.870 bits per heavy atom.